The third-order valence-corrected chi connectivity index (χ3v) is 4.46. The summed E-state index contributed by atoms with van der Waals surface area (Å²) < 4.78 is 0. The first-order valence-corrected chi connectivity index (χ1v) is 7.02. The molecule has 0 amide bonds. The van der Waals surface area contributed by atoms with Crippen molar-refractivity contribution in [3.63, 3.8) is 0 Å². The van der Waals surface area contributed by atoms with Crippen LogP contribution >= 0.6 is 0 Å². The summed E-state index contributed by atoms with van der Waals surface area (Å²) in [6.07, 6.45) is 8.63. The van der Waals surface area contributed by atoms with Crippen LogP contribution in [0.1, 0.15) is 52.4 Å². The van der Waals surface area contributed by atoms with E-state index in [1.54, 1.807) is 0 Å². The molecule has 0 aromatic carbocycles. The Hall–Kier alpha value is -0.0800. The molecule has 1 N–H and O–H groups in total. The summed E-state index contributed by atoms with van der Waals surface area (Å²) in [5, 5.41) is 3.62. The molecule has 0 aromatic heterocycles. The SMILES string of the molecule is CN(CC1CCCCC1)C1CNC(C)(C)C1. The van der Waals surface area contributed by atoms with E-state index in [9.17, 15) is 0 Å². The van der Waals surface area contributed by atoms with Gasteiger partial charge in [-0.2, -0.15) is 0 Å². The summed E-state index contributed by atoms with van der Waals surface area (Å²) in [5.74, 6) is 0.975. The number of hydrogen-bond donors (Lipinski definition) is 1. The van der Waals surface area contributed by atoms with Crippen molar-refractivity contribution in [2.24, 2.45) is 5.92 Å². The Morgan fingerprint density at radius 2 is 1.88 bits per heavy atom. The van der Waals surface area contributed by atoms with Gasteiger partial charge in [-0.15, -0.1) is 0 Å². The number of nitrogens with zero attached hydrogens (tertiary/aromatic N) is 1. The number of rotatable bonds is 3. The molecule has 0 bridgehead atoms. The molecule has 2 aliphatic rings. The van der Waals surface area contributed by atoms with Crippen molar-refractivity contribution in [3.05, 3.63) is 0 Å². The van der Waals surface area contributed by atoms with Crippen molar-refractivity contribution >= 4 is 0 Å². The molecule has 1 saturated heterocycles. The summed E-state index contributed by atoms with van der Waals surface area (Å²) in [7, 11) is 2.32. The van der Waals surface area contributed by atoms with Crippen LogP contribution in [0.4, 0.5) is 0 Å². The van der Waals surface area contributed by atoms with E-state index in [1.807, 2.05) is 0 Å². The van der Waals surface area contributed by atoms with Gasteiger partial charge in [-0.1, -0.05) is 19.3 Å². The molecule has 0 radical (unpaired) electrons. The quantitative estimate of drug-likeness (QED) is 0.793. The van der Waals surface area contributed by atoms with E-state index >= 15 is 0 Å². The van der Waals surface area contributed by atoms with Gasteiger partial charge in [0.15, 0.2) is 0 Å². The molecule has 0 aromatic rings. The molecule has 2 fully saturated rings. The Morgan fingerprint density at radius 1 is 1.19 bits per heavy atom. The topological polar surface area (TPSA) is 15.3 Å². The summed E-state index contributed by atoms with van der Waals surface area (Å²) >= 11 is 0. The highest BCUT2D eigenvalue weighted by Crippen LogP contribution is 2.27. The Morgan fingerprint density at radius 3 is 2.44 bits per heavy atom. The highest BCUT2D eigenvalue weighted by molar-refractivity contribution is 4.93. The fourth-order valence-electron chi connectivity index (χ4n) is 3.37. The first-order valence-electron chi connectivity index (χ1n) is 7.02. The van der Waals surface area contributed by atoms with Crippen LogP contribution in [0.15, 0.2) is 0 Å². The van der Waals surface area contributed by atoms with Crippen molar-refractivity contribution in [3.8, 4) is 0 Å². The number of hydrogen-bond acceptors (Lipinski definition) is 2. The lowest BCUT2D eigenvalue weighted by Gasteiger charge is -2.31. The maximum atomic E-state index is 3.62. The lowest BCUT2D eigenvalue weighted by atomic mass is 9.88. The molecular formula is C14H28N2. The maximum absolute atomic E-state index is 3.62. The van der Waals surface area contributed by atoms with Gasteiger partial charge >= 0.3 is 0 Å². The van der Waals surface area contributed by atoms with Gasteiger partial charge in [-0.25, -0.2) is 0 Å². The minimum Gasteiger partial charge on any atom is -0.310 e. The first-order chi connectivity index (χ1) is 7.57. The Labute approximate surface area is 101 Å². The summed E-state index contributed by atoms with van der Waals surface area (Å²) in [6, 6.07) is 0.761. The lowest BCUT2D eigenvalue weighted by Crippen LogP contribution is -2.37. The van der Waals surface area contributed by atoms with Gasteiger partial charge < -0.3 is 10.2 Å². The van der Waals surface area contributed by atoms with Gasteiger partial charge in [-0.05, 0) is 46.1 Å². The van der Waals surface area contributed by atoms with Crippen molar-refractivity contribution in [1.29, 1.82) is 0 Å². The van der Waals surface area contributed by atoms with Crippen LogP contribution in [-0.4, -0.2) is 36.6 Å². The molecule has 16 heavy (non-hydrogen) atoms. The summed E-state index contributed by atoms with van der Waals surface area (Å²) in [6.45, 7) is 7.14. The van der Waals surface area contributed by atoms with E-state index in [4.69, 9.17) is 0 Å². The van der Waals surface area contributed by atoms with Gasteiger partial charge in [-0.3, -0.25) is 0 Å². The van der Waals surface area contributed by atoms with Crippen LogP contribution in [-0.2, 0) is 0 Å². The van der Waals surface area contributed by atoms with Crippen LogP contribution in [0, 0.1) is 5.92 Å². The second kappa shape index (κ2) is 5.05. The van der Waals surface area contributed by atoms with Crippen LogP contribution in [0.5, 0.6) is 0 Å². The zero-order chi connectivity index (χ0) is 11.6. The molecule has 1 saturated carbocycles. The fourth-order valence-corrected chi connectivity index (χ4v) is 3.37. The van der Waals surface area contributed by atoms with Gasteiger partial charge in [0.05, 0.1) is 0 Å². The van der Waals surface area contributed by atoms with E-state index in [1.165, 1.54) is 51.6 Å². The average Bonchev–Trinajstić information content (AvgIpc) is 2.60. The predicted molar refractivity (Wildman–Crippen MR) is 69.7 cm³/mol. The highest BCUT2D eigenvalue weighted by atomic mass is 15.2. The number of likely N-dealkylation sites (N-methyl/N-ethyl adjacent to an activating group) is 1. The molecule has 1 unspecified atom stereocenters. The van der Waals surface area contributed by atoms with E-state index in [-0.39, 0.29) is 0 Å². The van der Waals surface area contributed by atoms with Gasteiger partial charge in [0.2, 0.25) is 0 Å². The van der Waals surface area contributed by atoms with Crippen LogP contribution < -0.4 is 5.32 Å². The minimum atomic E-state index is 0.353. The Bertz CT molecular complexity index is 219. The number of nitrogens with one attached hydrogen (secondary N) is 1. The highest BCUT2D eigenvalue weighted by Gasteiger charge is 2.33. The van der Waals surface area contributed by atoms with Crippen LogP contribution in [0.2, 0.25) is 0 Å². The van der Waals surface area contributed by atoms with Gasteiger partial charge in [0.1, 0.15) is 0 Å². The molecule has 2 rings (SSSR count). The zero-order valence-corrected chi connectivity index (χ0v) is 11.3. The van der Waals surface area contributed by atoms with Crippen LogP contribution in [0.3, 0.4) is 0 Å². The molecule has 1 heterocycles. The standard InChI is InChI=1S/C14H28N2/c1-14(2)9-13(10-15-14)16(3)11-12-7-5-4-6-8-12/h12-13,15H,4-11H2,1-3H3. The zero-order valence-electron chi connectivity index (χ0n) is 11.3. The third-order valence-electron chi connectivity index (χ3n) is 4.46. The van der Waals surface area contributed by atoms with Crippen molar-refractivity contribution in [1.82, 2.24) is 10.2 Å². The molecule has 1 atom stereocenters. The Balaban J connectivity index is 1.77. The first kappa shape index (κ1) is 12.4. The Kier molecular flexibility index (Phi) is 3.91. The second-order valence-corrected chi connectivity index (χ2v) is 6.57. The molecular weight excluding hydrogens is 196 g/mol. The van der Waals surface area contributed by atoms with E-state index in [0.29, 0.717) is 5.54 Å². The molecule has 2 heteroatoms. The molecule has 2 nitrogen and oxygen atoms in total. The molecule has 1 aliphatic heterocycles. The van der Waals surface area contributed by atoms with Gasteiger partial charge in [0, 0.05) is 24.7 Å². The van der Waals surface area contributed by atoms with E-state index < -0.39 is 0 Å². The lowest BCUT2D eigenvalue weighted by molar-refractivity contribution is 0.186. The third kappa shape index (κ3) is 3.21. The molecule has 1 aliphatic carbocycles. The maximum Gasteiger partial charge on any atom is 0.0235 e. The summed E-state index contributed by atoms with van der Waals surface area (Å²) in [5.41, 5.74) is 0.353. The van der Waals surface area contributed by atoms with Crippen molar-refractivity contribution in [2.45, 2.75) is 64.0 Å². The molecule has 0 spiro atoms. The van der Waals surface area contributed by atoms with Crippen molar-refractivity contribution in [2.75, 3.05) is 20.1 Å². The van der Waals surface area contributed by atoms with E-state index in [2.05, 4.69) is 31.1 Å². The van der Waals surface area contributed by atoms with Crippen molar-refractivity contribution < 1.29 is 0 Å². The summed E-state index contributed by atoms with van der Waals surface area (Å²) in [4.78, 5) is 2.61. The van der Waals surface area contributed by atoms with E-state index in [0.717, 1.165) is 12.0 Å². The normalized spacial score (nSPS) is 31.1. The largest absolute Gasteiger partial charge is 0.310 e. The predicted octanol–water partition coefficient (Wildman–Crippen LogP) is 2.64. The second-order valence-electron chi connectivity index (χ2n) is 6.57. The smallest absolute Gasteiger partial charge is 0.0235 e. The van der Waals surface area contributed by atoms with Crippen LogP contribution in [0.25, 0.3) is 0 Å². The monoisotopic (exact) mass is 224 g/mol. The average molecular weight is 224 g/mol. The minimum absolute atomic E-state index is 0.353. The molecule has 94 valence electrons. The van der Waals surface area contributed by atoms with Gasteiger partial charge in [0.25, 0.3) is 0 Å². The fraction of sp³-hybridized carbons (Fsp3) is 1.00.